The quantitative estimate of drug-likeness (QED) is 0.632. The Hall–Kier alpha value is -3.55. The molecule has 0 aromatic heterocycles. The van der Waals surface area contributed by atoms with Crippen molar-refractivity contribution in [3.8, 4) is 11.5 Å². The number of anilines is 1. The number of hydrogen-bond acceptors (Lipinski definition) is 6. The van der Waals surface area contributed by atoms with Crippen molar-refractivity contribution in [2.75, 3.05) is 39.7 Å². The zero-order valence-electron chi connectivity index (χ0n) is 17.6. The van der Waals surface area contributed by atoms with E-state index in [4.69, 9.17) is 14.2 Å². The second-order valence-electron chi connectivity index (χ2n) is 6.68. The molecule has 2 amide bonds. The minimum Gasteiger partial charge on any atom is -0.497 e. The first-order valence-electron chi connectivity index (χ1n) is 9.29. The van der Waals surface area contributed by atoms with Gasteiger partial charge in [-0.15, -0.1) is 0 Å². The van der Waals surface area contributed by atoms with Crippen LogP contribution in [0, 0.1) is 6.92 Å². The molecule has 0 spiro atoms. The number of nitrogens with one attached hydrogen (secondary N) is 1. The van der Waals surface area contributed by atoms with Crippen LogP contribution in [0.3, 0.4) is 0 Å². The average Bonchev–Trinajstić information content (AvgIpc) is 2.73. The number of likely N-dealkylation sites (N-methyl/N-ethyl adjacent to an activating group) is 1. The minimum absolute atomic E-state index is 0.0575. The molecule has 2 aromatic rings. The minimum atomic E-state index is -0.579. The number of esters is 1. The Bertz CT molecular complexity index is 895. The SMILES string of the molecule is COc1ccc(CC(=O)OCC(=O)N(C)CC(=O)Nc2ccc(C)cc2)c(OC)c1. The number of nitrogens with zero attached hydrogens (tertiary/aromatic N) is 1. The van der Waals surface area contributed by atoms with E-state index in [0.717, 1.165) is 5.56 Å². The highest BCUT2D eigenvalue weighted by Gasteiger charge is 2.17. The Labute approximate surface area is 175 Å². The first kappa shape index (κ1) is 22.7. The van der Waals surface area contributed by atoms with Crippen molar-refractivity contribution in [2.24, 2.45) is 0 Å². The molecule has 0 heterocycles. The van der Waals surface area contributed by atoms with Crippen LogP contribution >= 0.6 is 0 Å². The van der Waals surface area contributed by atoms with E-state index in [1.165, 1.54) is 26.2 Å². The molecule has 0 aliphatic carbocycles. The zero-order chi connectivity index (χ0) is 22.1. The number of carbonyl (C=O) groups is 3. The number of carbonyl (C=O) groups excluding carboxylic acids is 3. The van der Waals surface area contributed by atoms with Gasteiger partial charge < -0.3 is 24.4 Å². The summed E-state index contributed by atoms with van der Waals surface area (Å²) < 4.78 is 15.4. The van der Waals surface area contributed by atoms with Crippen LogP contribution in [-0.2, 0) is 25.5 Å². The van der Waals surface area contributed by atoms with Gasteiger partial charge in [-0.2, -0.15) is 0 Å². The first-order valence-corrected chi connectivity index (χ1v) is 9.29. The molecule has 160 valence electrons. The third-order valence-electron chi connectivity index (χ3n) is 4.33. The topological polar surface area (TPSA) is 94.2 Å². The van der Waals surface area contributed by atoms with Gasteiger partial charge in [-0.3, -0.25) is 14.4 Å². The molecule has 0 aliphatic rings. The molecule has 0 bridgehead atoms. The van der Waals surface area contributed by atoms with E-state index in [2.05, 4.69) is 5.32 Å². The van der Waals surface area contributed by atoms with Crippen molar-refractivity contribution in [2.45, 2.75) is 13.3 Å². The molecule has 1 N–H and O–H groups in total. The second-order valence-corrected chi connectivity index (χ2v) is 6.68. The van der Waals surface area contributed by atoms with Crippen molar-refractivity contribution in [3.05, 3.63) is 53.6 Å². The molecule has 0 unspecified atom stereocenters. The van der Waals surface area contributed by atoms with E-state index in [-0.39, 0.29) is 18.9 Å². The molecule has 0 saturated carbocycles. The van der Waals surface area contributed by atoms with E-state index in [0.29, 0.717) is 22.7 Å². The van der Waals surface area contributed by atoms with Gasteiger partial charge in [0.15, 0.2) is 6.61 Å². The molecular weight excluding hydrogens is 388 g/mol. The molecule has 30 heavy (non-hydrogen) atoms. The summed E-state index contributed by atoms with van der Waals surface area (Å²) in [4.78, 5) is 37.5. The van der Waals surface area contributed by atoms with Crippen molar-refractivity contribution >= 4 is 23.5 Å². The van der Waals surface area contributed by atoms with Crippen LogP contribution in [0.2, 0.25) is 0 Å². The highest BCUT2D eigenvalue weighted by molar-refractivity contribution is 5.94. The largest absolute Gasteiger partial charge is 0.497 e. The number of hydrogen-bond donors (Lipinski definition) is 1. The lowest BCUT2D eigenvalue weighted by molar-refractivity contribution is -0.151. The Kier molecular flexibility index (Phi) is 8.22. The summed E-state index contributed by atoms with van der Waals surface area (Å²) in [5.74, 6) is -0.315. The van der Waals surface area contributed by atoms with Crippen molar-refractivity contribution in [1.82, 2.24) is 4.90 Å². The van der Waals surface area contributed by atoms with Crippen molar-refractivity contribution < 1.29 is 28.6 Å². The molecule has 2 aromatic carbocycles. The maximum Gasteiger partial charge on any atom is 0.310 e. The fourth-order valence-corrected chi connectivity index (χ4v) is 2.60. The average molecular weight is 414 g/mol. The van der Waals surface area contributed by atoms with Crippen LogP contribution in [0.1, 0.15) is 11.1 Å². The van der Waals surface area contributed by atoms with Gasteiger partial charge in [0.25, 0.3) is 5.91 Å². The van der Waals surface area contributed by atoms with Crippen molar-refractivity contribution in [1.29, 1.82) is 0 Å². The third-order valence-corrected chi connectivity index (χ3v) is 4.33. The number of aryl methyl sites for hydroxylation is 1. The predicted octanol–water partition coefficient (Wildman–Crippen LogP) is 2.20. The number of rotatable bonds is 9. The molecule has 0 fully saturated rings. The molecule has 8 heteroatoms. The van der Waals surface area contributed by atoms with Gasteiger partial charge in [-0.1, -0.05) is 23.8 Å². The van der Waals surface area contributed by atoms with E-state index in [1.54, 1.807) is 30.3 Å². The molecule has 0 radical (unpaired) electrons. The molecular formula is C22H26N2O6. The van der Waals surface area contributed by atoms with Crippen LogP contribution in [0.15, 0.2) is 42.5 Å². The van der Waals surface area contributed by atoms with Gasteiger partial charge in [-0.05, 0) is 25.1 Å². The van der Waals surface area contributed by atoms with Crippen LogP contribution < -0.4 is 14.8 Å². The summed E-state index contributed by atoms with van der Waals surface area (Å²) in [6.07, 6.45) is -0.0575. The fourth-order valence-electron chi connectivity index (χ4n) is 2.60. The van der Waals surface area contributed by atoms with E-state index >= 15 is 0 Å². The number of methoxy groups -OCH3 is 2. The third kappa shape index (κ3) is 6.80. The Balaban J connectivity index is 1.80. The van der Waals surface area contributed by atoms with E-state index < -0.39 is 18.5 Å². The highest BCUT2D eigenvalue weighted by atomic mass is 16.5. The lowest BCUT2D eigenvalue weighted by atomic mass is 10.1. The highest BCUT2D eigenvalue weighted by Crippen LogP contribution is 2.25. The maximum absolute atomic E-state index is 12.2. The maximum atomic E-state index is 12.2. The summed E-state index contributed by atoms with van der Waals surface area (Å²) >= 11 is 0. The van der Waals surface area contributed by atoms with Gasteiger partial charge >= 0.3 is 5.97 Å². The molecule has 2 rings (SSSR count). The monoisotopic (exact) mass is 414 g/mol. The zero-order valence-corrected chi connectivity index (χ0v) is 17.6. The fraction of sp³-hybridized carbons (Fsp3) is 0.318. The number of amides is 2. The molecule has 8 nitrogen and oxygen atoms in total. The lowest BCUT2D eigenvalue weighted by Crippen LogP contribution is -2.37. The van der Waals surface area contributed by atoms with Crippen LogP contribution in [0.4, 0.5) is 5.69 Å². The lowest BCUT2D eigenvalue weighted by Gasteiger charge is -2.17. The smallest absolute Gasteiger partial charge is 0.310 e. The molecule has 0 atom stereocenters. The normalized spacial score (nSPS) is 10.1. The van der Waals surface area contributed by atoms with E-state index in [1.807, 2.05) is 19.1 Å². The standard InChI is InChI=1S/C22H26N2O6/c1-15-5-8-17(9-6-15)23-20(25)13-24(2)21(26)14-30-22(27)11-16-7-10-18(28-3)12-19(16)29-4/h5-10,12H,11,13-14H2,1-4H3,(H,23,25). The Morgan fingerprint density at radius 1 is 1.00 bits per heavy atom. The summed E-state index contributed by atoms with van der Waals surface area (Å²) in [7, 11) is 4.49. The van der Waals surface area contributed by atoms with Crippen molar-refractivity contribution in [3.63, 3.8) is 0 Å². The predicted molar refractivity (Wildman–Crippen MR) is 112 cm³/mol. The first-order chi connectivity index (χ1) is 14.3. The Morgan fingerprint density at radius 3 is 2.33 bits per heavy atom. The summed E-state index contributed by atoms with van der Waals surface area (Å²) in [5.41, 5.74) is 2.34. The Morgan fingerprint density at radius 2 is 1.70 bits per heavy atom. The second kappa shape index (κ2) is 10.8. The van der Waals surface area contributed by atoms with Gasteiger partial charge in [-0.25, -0.2) is 0 Å². The van der Waals surface area contributed by atoms with Gasteiger partial charge in [0, 0.05) is 24.4 Å². The van der Waals surface area contributed by atoms with Crippen LogP contribution in [0.25, 0.3) is 0 Å². The van der Waals surface area contributed by atoms with Gasteiger partial charge in [0.1, 0.15) is 11.5 Å². The summed E-state index contributed by atoms with van der Waals surface area (Å²) in [6.45, 7) is 1.34. The number of ether oxygens (including phenoxy) is 3. The van der Waals surface area contributed by atoms with E-state index in [9.17, 15) is 14.4 Å². The number of benzene rings is 2. The summed E-state index contributed by atoms with van der Waals surface area (Å²) in [6, 6.07) is 12.4. The molecule has 0 saturated heterocycles. The van der Waals surface area contributed by atoms with Crippen LogP contribution in [0.5, 0.6) is 11.5 Å². The summed E-state index contributed by atoms with van der Waals surface area (Å²) in [5, 5.41) is 2.71. The van der Waals surface area contributed by atoms with Gasteiger partial charge in [0.2, 0.25) is 5.91 Å². The molecule has 0 aliphatic heterocycles. The van der Waals surface area contributed by atoms with Crippen LogP contribution in [-0.4, -0.2) is 57.1 Å². The van der Waals surface area contributed by atoms with Gasteiger partial charge in [0.05, 0.1) is 27.2 Å².